The molecule has 0 radical (unpaired) electrons. The molecule has 314 valence electrons. The second-order valence-corrected chi connectivity index (χ2v) is 16.5. The molecule has 0 unspecified atom stereocenters. The van der Waals surface area contributed by atoms with Crippen molar-refractivity contribution in [2.45, 2.75) is 0 Å². The fraction of sp³-hybridized carbons (Fsp3) is 0. The Kier molecular flexibility index (Phi) is 10.4. The van der Waals surface area contributed by atoms with Crippen molar-refractivity contribution >= 4 is 21.5 Å². The maximum absolute atomic E-state index is 16.8. The van der Waals surface area contributed by atoms with Gasteiger partial charge in [-0.3, -0.25) is 0 Å². The van der Waals surface area contributed by atoms with Crippen molar-refractivity contribution in [1.82, 2.24) is 0 Å². The molecular formula is C62H38F4. The zero-order valence-electron chi connectivity index (χ0n) is 35.5. The van der Waals surface area contributed by atoms with Crippen LogP contribution in [0.4, 0.5) is 17.6 Å². The Labute approximate surface area is 380 Å². The van der Waals surface area contributed by atoms with Crippen LogP contribution < -0.4 is 0 Å². The van der Waals surface area contributed by atoms with Gasteiger partial charge < -0.3 is 0 Å². The summed E-state index contributed by atoms with van der Waals surface area (Å²) in [6.07, 6.45) is 0. The van der Waals surface area contributed by atoms with E-state index in [1.807, 2.05) is 182 Å². The second-order valence-electron chi connectivity index (χ2n) is 16.5. The maximum atomic E-state index is 16.8. The molecule has 11 aromatic rings. The molecule has 0 atom stereocenters. The molecule has 66 heavy (non-hydrogen) atoms. The summed E-state index contributed by atoms with van der Waals surface area (Å²) < 4.78 is 66.6. The van der Waals surface area contributed by atoms with Crippen molar-refractivity contribution < 1.29 is 17.6 Å². The topological polar surface area (TPSA) is 0 Å². The molecule has 0 heterocycles. The van der Waals surface area contributed by atoms with Crippen molar-refractivity contribution in [3.63, 3.8) is 0 Å². The standard InChI is InChI=1S/C62H38F4/c63-59-34-43(39-13-5-1-6-14-39)21-26-49(59)48-32-55(51-28-22-44(35-60(51)64)40-15-7-2-8-16-40)50-27-25-47-31-57(52-29-23-45(36-61(52)65)41-17-9-3-10-18-41)58(38-54(47)56(50)33-48)53-30-24-46(37-62(53)66)42-19-11-4-12-20-42/h1-38H. The third-order valence-electron chi connectivity index (χ3n) is 12.6. The lowest BCUT2D eigenvalue weighted by Gasteiger charge is -2.18. The van der Waals surface area contributed by atoms with Crippen LogP contribution in [0, 0.1) is 23.3 Å². The number of hydrogen-bond donors (Lipinski definition) is 0. The van der Waals surface area contributed by atoms with E-state index in [1.165, 1.54) is 24.3 Å². The van der Waals surface area contributed by atoms with Gasteiger partial charge in [0.05, 0.1) is 0 Å². The normalized spacial score (nSPS) is 11.3. The van der Waals surface area contributed by atoms with Crippen molar-refractivity contribution in [3.05, 3.63) is 254 Å². The van der Waals surface area contributed by atoms with Crippen molar-refractivity contribution in [2.24, 2.45) is 0 Å². The summed E-state index contributed by atoms with van der Waals surface area (Å²) in [6, 6.07) is 70.5. The molecule has 0 nitrogen and oxygen atoms in total. The molecule has 0 bridgehead atoms. The van der Waals surface area contributed by atoms with E-state index in [4.69, 9.17) is 0 Å². The third-order valence-corrected chi connectivity index (χ3v) is 12.6. The van der Waals surface area contributed by atoms with Gasteiger partial charge in [-0.25, -0.2) is 17.6 Å². The number of hydrogen-bond acceptors (Lipinski definition) is 0. The fourth-order valence-electron chi connectivity index (χ4n) is 9.23. The first-order valence-electron chi connectivity index (χ1n) is 21.8. The molecule has 4 heteroatoms. The summed E-state index contributed by atoms with van der Waals surface area (Å²) in [5.41, 5.74) is 9.77. The van der Waals surface area contributed by atoms with Crippen LogP contribution in [0.25, 0.3) is 111 Å². The summed E-state index contributed by atoms with van der Waals surface area (Å²) >= 11 is 0. The van der Waals surface area contributed by atoms with Gasteiger partial charge in [-0.05, 0) is 137 Å². The lowest BCUT2D eigenvalue weighted by molar-refractivity contribution is 0.630. The maximum Gasteiger partial charge on any atom is 0.131 e. The van der Waals surface area contributed by atoms with E-state index < -0.39 is 23.3 Å². The molecule has 0 spiro atoms. The largest absolute Gasteiger partial charge is 0.206 e. The number of fused-ring (bicyclic) bond motifs is 3. The van der Waals surface area contributed by atoms with Gasteiger partial charge >= 0.3 is 0 Å². The highest BCUT2D eigenvalue weighted by atomic mass is 19.1. The predicted octanol–water partition coefficient (Wildman–Crippen LogP) is 17.9. The van der Waals surface area contributed by atoms with Gasteiger partial charge in [-0.15, -0.1) is 0 Å². The second kappa shape index (κ2) is 17.0. The lowest BCUT2D eigenvalue weighted by atomic mass is 9.86. The van der Waals surface area contributed by atoms with Crippen LogP contribution in [0.2, 0.25) is 0 Å². The van der Waals surface area contributed by atoms with Gasteiger partial charge in [-0.1, -0.05) is 182 Å². The van der Waals surface area contributed by atoms with Crippen LogP contribution in [-0.4, -0.2) is 0 Å². The first kappa shape index (κ1) is 40.4. The van der Waals surface area contributed by atoms with Crippen LogP contribution in [0.15, 0.2) is 231 Å². The van der Waals surface area contributed by atoms with Crippen molar-refractivity contribution in [3.8, 4) is 89.0 Å². The molecule has 0 amide bonds. The fourth-order valence-corrected chi connectivity index (χ4v) is 9.23. The first-order chi connectivity index (χ1) is 32.4. The Balaban J connectivity index is 1.16. The van der Waals surface area contributed by atoms with E-state index in [2.05, 4.69) is 0 Å². The van der Waals surface area contributed by atoms with Crippen molar-refractivity contribution in [2.75, 3.05) is 0 Å². The monoisotopic (exact) mass is 858 g/mol. The van der Waals surface area contributed by atoms with Gasteiger partial charge in [0.1, 0.15) is 23.3 Å². The smallest absolute Gasteiger partial charge is 0.131 e. The molecule has 0 saturated heterocycles. The molecule has 0 N–H and O–H groups in total. The summed E-state index contributed by atoms with van der Waals surface area (Å²) in [5, 5.41) is 2.88. The molecule has 11 aromatic carbocycles. The van der Waals surface area contributed by atoms with E-state index in [1.54, 1.807) is 24.3 Å². The van der Waals surface area contributed by atoms with Gasteiger partial charge in [0.25, 0.3) is 0 Å². The van der Waals surface area contributed by atoms with Gasteiger partial charge in [0.15, 0.2) is 0 Å². The molecule has 0 aromatic heterocycles. The lowest BCUT2D eigenvalue weighted by Crippen LogP contribution is -1.95. The van der Waals surface area contributed by atoms with E-state index >= 15 is 17.6 Å². The molecular weight excluding hydrogens is 821 g/mol. The minimum absolute atomic E-state index is 0.289. The highest BCUT2D eigenvalue weighted by molar-refractivity contribution is 6.16. The molecule has 0 fully saturated rings. The van der Waals surface area contributed by atoms with Crippen molar-refractivity contribution in [1.29, 1.82) is 0 Å². The van der Waals surface area contributed by atoms with Crippen LogP contribution >= 0.6 is 0 Å². The molecule has 0 saturated carbocycles. The highest BCUT2D eigenvalue weighted by Gasteiger charge is 2.21. The van der Waals surface area contributed by atoms with E-state index in [0.29, 0.717) is 55.3 Å². The Bertz CT molecular complexity index is 3600. The molecule has 0 aliphatic rings. The minimum Gasteiger partial charge on any atom is -0.206 e. The number of halogens is 4. The number of benzene rings is 11. The summed E-state index contributed by atoms with van der Waals surface area (Å²) in [6.45, 7) is 0. The zero-order valence-corrected chi connectivity index (χ0v) is 35.5. The first-order valence-corrected chi connectivity index (χ1v) is 21.8. The highest BCUT2D eigenvalue weighted by Crippen LogP contribution is 2.45. The van der Waals surface area contributed by atoms with Gasteiger partial charge in [0.2, 0.25) is 0 Å². The van der Waals surface area contributed by atoms with E-state index in [-0.39, 0.29) is 5.56 Å². The summed E-state index contributed by atoms with van der Waals surface area (Å²) in [5.74, 6) is -1.78. The van der Waals surface area contributed by atoms with Gasteiger partial charge in [-0.2, -0.15) is 0 Å². The molecule has 11 rings (SSSR count). The van der Waals surface area contributed by atoms with Gasteiger partial charge in [0, 0.05) is 22.3 Å². The average molecular weight is 859 g/mol. The average Bonchev–Trinajstić information content (AvgIpc) is 3.36. The third kappa shape index (κ3) is 7.52. The Hall–Kier alpha value is -8.34. The van der Waals surface area contributed by atoms with E-state index in [0.717, 1.165) is 49.7 Å². The summed E-state index contributed by atoms with van der Waals surface area (Å²) in [7, 11) is 0. The zero-order chi connectivity index (χ0) is 44.7. The van der Waals surface area contributed by atoms with Crippen LogP contribution in [-0.2, 0) is 0 Å². The Morgan fingerprint density at radius 2 is 0.545 bits per heavy atom. The van der Waals surface area contributed by atoms with E-state index in [9.17, 15) is 0 Å². The Morgan fingerprint density at radius 3 is 0.939 bits per heavy atom. The van der Waals surface area contributed by atoms with Crippen LogP contribution in [0.3, 0.4) is 0 Å². The van der Waals surface area contributed by atoms with Crippen LogP contribution in [0.5, 0.6) is 0 Å². The Morgan fingerprint density at radius 1 is 0.182 bits per heavy atom. The quantitative estimate of drug-likeness (QED) is 0.105. The summed E-state index contributed by atoms with van der Waals surface area (Å²) in [4.78, 5) is 0. The minimum atomic E-state index is -0.471. The van der Waals surface area contributed by atoms with Crippen LogP contribution in [0.1, 0.15) is 0 Å². The molecule has 0 aliphatic carbocycles. The SMILES string of the molecule is Fc1cc(-c2ccccc2)ccc1-c1cc(-c2ccc(-c3ccccc3)cc2F)c2ccc3cc(-c4ccc(-c5ccccc5)cc4F)c(-c4ccc(-c5ccccc5)cc4F)cc3c2c1. The predicted molar refractivity (Wildman–Crippen MR) is 265 cm³/mol. The number of rotatable bonds is 8. The molecule has 0 aliphatic heterocycles.